The molecule has 1 aromatic rings. The second-order valence-electron chi connectivity index (χ2n) is 6.47. The van der Waals surface area contributed by atoms with E-state index in [4.69, 9.17) is 5.73 Å². The predicted molar refractivity (Wildman–Crippen MR) is 98.0 cm³/mol. The summed E-state index contributed by atoms with van der Waals surface area (Å²) < 4.78 is 0. The van der Waals surface area contributed by atoms with E-state index in [0.29, 0.717) is 11.8 Å². The van der Waals surface area contributed by atoms with Crippen molar-refractivity contribution in [3.63, 3.8) is 0 Å². The lowest BCUT2D eigenvalue weighted by Crippen LogP contribution is -2.24. The van der Waals surface area contributed by atoms with E-state index < -0.39 is 0 Å². The molecule has 23 heavy (non-hydrogen) atoms. The van der Waals surface area contributed by atoms with Gasteiger partial charge in [-0.05, 0) is 59.1 Å². The highest BCUT2D eigenvalue weighted by molar-refractivity contribution is 5.52. The first-order valence-electron chi connectivity index (χ1n) is 8.28. The molecule has 2 atom stereocenters. The number of nitrogens with two attached hydrogens (primary N) is 1. The Labute approximate surface area is 137 Å². The summed E-state index contributed by atoms with van der Waals surface area (Å²) in [7, 11) is 0. The third-order valence-corrected chi connectivity index (χ3v) is 5.03. The minimum absolute atomic E-state index is 0.572. The van der Waals surface area contributed by atoms with Gasteiger partial charge >= 0.3 is 0 Å². The summed E-state index contributed by atoms with van der Waals surface area (Å²) in [5.74, 6) is 1.16. The van der Waals surface area contributed by atoms with Crippen molar-refractivity contribution in [2.24, 2.45) is 11.8 Å². The van der Waals surface area contributed by atoms with E-state index in [1.165, 1.54) is 22.3 Å². The van der Waals surface area contributed by atoms with Gasteiger partial charge in [-0.2, -0.15) is 0 Å². The van der Waals surface area contributed by atoms with Crippen molar-refractivity contribution in [3.8, 4) is 0 Å². The molecule has 0 aliphatic heterocycles. The van der Waals surface area contributed by atoms with Gasteiger partial charge in [-0.1, -0.05) is 66.8 Å². The Morgan fingerprint density at radius 1 is 0.739 bits per heavy atom. The van der Waals surface area contributed by atoms with Gasteiger partial charge in [0, 0.05) is 5.69 Å². The third kappa shape index (κ3) is 2.75. The van der Waals surface area contributed by atoms with E-state index in [2.05, 4.69) is 72.9 Å². The van der Waals surface area contributed by atoms with E-state index in [1.807, 2.05) is 6.07 Å². The van der Waals surface area contributed by atoms with E-state index in [0.717, 1.165) is 18.5 Å². The van der Waals surface area contributed by atoms with Crippen LogP contribution in [0.2, 0.25) is 0 Å². The molecule has 3 aliphatic carbocycles. The van der Waals surface area contributed by atoms with Gasteiger partial charge in [0.1, 0.15) is 0 Å². The average Bonchev–Trinajstić information content (AvgIpc) is 2.87. The number of rotatable bonds is 0. The quantitative estimate of drug-likeness (QED) is 0.690. The molecule has 1 heteroatoms. The lowest BCUT2D eigenvalue weighted by Gasteiger charge is -2.30. The Morgan fingerprint density at radius 2 is 1.43 bits per heavy atom. The van der Waals surface area contributed by atoms with Crippen LogP contribution in [0.5, 0.6) is 0 Å². The molecule has 1 nitrogen and oxygen atoms in total. The fraction of sp³-hybridized carbons (Fsp3) is 0.182. The highest BCUT2D eigenvalue weighted by atomic mass is 14.5. The fourth-order valence-electron chi connectivity index (χ4n) is 3.90. The highest BCUT2D eigenvalue weighted by Crippen LogP contribution is 2.45. The van der Waals surface area contributed by atoms with E-state index in [-0.39, 0.29) is 0 Å². The lowest BCUT2D eigenvalue weighted by atomic mass is 9.74. The third-order valence-electron chi connectivity index (χ3n) is 5.03. The summed E-state index contributed by atoms with van der Waals surface area (Å²) in [5, 5.41) is 0. The molecule has 0 aromatic heterocycles. The standard InChI is InChI=1S/C22H21N/c23-20-11-10-16-14-21-17-8-6-4-2-1-3-5-7-9-18(12-17)22(21)15-19(16)13-20/h1-13,21-22H,14-15,23H2/b2-1-,3-1?,4-2?,5-3-,6-4-,7-5?,8-6?,9-7?,17-8+,18-9?. The summed E-state index contributed by atoms with van der Waals surface area (Å²) in [5.41, 5.74) is 12.6. The van der Waals surface area contributed by atoms with E-state index in [1.54, 1.807) is 0 Å². The van der Waals surface area contributed by atoms with Crippen LogP contribution >= 0.6 is 0 Å². The summed E-state index contributed by atoms with van der Waals surface area (Å²) in [6.45, 7) is 0. The van der Waals surface area contributed by atoms with Crippen molar-refractivity contribution in [2.45, 2.75) is 12.8 Å². The van der Waals surface area contributed by atoms with Gasteiger partial charge in [0.05, 0.1) is 0 Å². The Kier molecular flexibility index (Phi) is 3.63. The number of benzene rings is 1. The van der Waals surface area contributed by atoms with E-state index >= 15 is 0 Å². The van der Waals surface area contributed by atoms with Crippen LogP contribution in [-0.4, -0.2) is 0 Å². The Hall–Kier alpha value is -2.54. The van der Waals surface area contributed by atoms with Crippen LogP contribution in [0.3, 0.4) is 0 Å². The van der Waals surface area contributed by atoms with Crippen molar-refractivity contribution in [3.05, 3.63) is 101 Å². The molecular weight excluding hydrogens is 278 g/mol. The van der Waals surface area contributed by atoms with Crippen LogP contribution in [0.25, 0.3) is 0 Å². The molecule has 0 radical (unpaired) electrons. The lowest BCUT2D eigenvalue weighted by molar-refractivity contribution is 0.435. The second-order valence-corrected chi connectivity index (χ2v) is 6.47. The largest absolute Gasteiger partial charge is 0.399 e. The fourth-order valence-corrected chi connectivity index (χ4v) is 3.90. The highest BCUT2D eigenvalue weighted by Gasteiger charge is 2.36. The molecule has 0 spiro atoms. The van der Waals surface area contributed by atoms with Crippen LogP contribution in [0, 0.1) is 11.8 Å². The topological polar surface area (TPSA) is 26.0 Å². The van der Waals surface area contributed by atoms with Crippen molar-refractivity contribution in [2.75, 3.05) is 5.73 Å². The molecule has 4 rings (SSSR count). The normalized spacial score (nSPS) is 31.5. The first-order valence-corrected chi connectivity index (χ1v) is 8.28. The molecule has 2 unspecified atom stereocenters. The van der Waals surface area contributed by atoms with Crippen LogP contribution in [0.4, 0.5) is 5.69 Å². The van der Waals surface area contributed by atoms with Crippen LogP contribution in [0.1, 0.15) is 11.1 Å². The number of nitrogen functional groups attached to an aromatic ring is 1. The Morgan fingerprint density at radius 3 is 2.30 bits per heavy atom. The molecule has 2 bridgehead atoms. The molecule has 0 amide bonds. The van der Waals surface area contributed by atoms with Gasteiger partial charge in [0.15, 0.2) is 0 Å². The molecule has 114 valence electrons. The minimum Gasteiger partial charge on any atom is -0.399 e. The van der Waals surface area contributed by atoms with Crippen LogP contribution < -0.4 is 5.73 Å². The summed E-state index contributed by atoms with van der Waals surface area (Å²) in [4.78, 5) is 0. The zero-order valence-corrected chi connectivity index (χ0v) is 13.2. The van der Waals surface area contributed by atoms with E-state index in [9.17, 15) is 0 Å². The molecule has 0 heterocycles. The monoisotopic (exact) mass is 299 g/mol. The maximum atomic E-state index is 5.99. The number of fused-ring (bicyclic) bond motifs is 5. The number of hydrogen-bond donors (Lipinski definition) is 1. The number of anilines is 1. The summed E-state index contributed by atoms with van der Waals surface area (Å²) in [6.07, 6.45) is 23.8. The van der Waals surface area contributed by atoms with Crippen molar-refractivity contribution >= 4 is 5.69 Å². The van der Waals surface area contributed by atoms with Crippen LogP contribution in [-0.2, 0) is 12.8 Å². The molecule has 0 saturated carbocycles. The van der Waals surface area contributed by atoms with Crippen molar-refractivity contribution in [1.82, 2.24) is 0 Å². The molecule has 0 fully saturated rings. The molecule has 3 aliphatic rings. The Balaban J connectivity index is 1.75. The van der Waals surface area contributed by atoms with Crippen molar-refractivity contribution in [1.29, 1.82) is 0 Å². The first-order chi connectivity index (χ1) is 11.3. The van der Waals surface area contributed by atoms with Gasteiger partial charge in [-0.25, -0.2) is 0 Å². The maximum absolute atomic E-state index is 5.99. The SMILES string of the molecule is Nc1ccc2c(c1)CC1C3=C\C(=C/C=C\C=C/C=C\C=C3)C1C2. The smallest absolute Gasteiger partial charge is 0.0316 e. The number of hydrogen-bond acceptors (Lipinski definition) is 1. The van der Waals surface area contributed by atoms with Gasteiger partial charge < -0.3 is 5.73 Å². The molecule has 1 aromatic carbocycles. The maximum Gasteiger partial charge on any atom is 0.0316 e. The summed E-state index contributed by atoms with van der Waals surface area (Å²) >= 11 is 0. The zero-order chi connectivity index (χ0) is 15.6. The average molecular weight is 299 g/mol. The first kappa shape index (κ1) is 14.1. The molecule has 2 N–H and O–H groups in total. The minimum atomic E-state index is 0.572. The molecular formula is C22H21N. The number of allylic oxidation sites excluding steroid dienone is 12. The van der Waals surface area contributed by atoms with Gasteiger partial charge in [-0.15, -0.1) is 0 Å². The van der Waals surface area contributed by atoms with Gasteiger partial charge in [0.25, 0.3) is 0 Å². The van der Waals surface area contributed by atoms with Crippen molar-refractivity contribution < 1.29 is 0 Å². The van der Waals surface area contributed by atoms with Gasteiger partial charge in [0.2, 0.25) is 0 Å². The molecule has 0 saturated heterocycles. The predicted octanol–water partition coefficient (Wildman–Crippen LogP) is 4.70. The summed E-state index contributed by atoms with van der Waals surface area (Å²) in [6, 6.07) is 6.40. The van der Waals surface area contributed by atoms with Gasteiger partial charge in [-0.3, -0.25) is 0 Å². The second kappa shape index (κ2) is 5.92. The zero-order valence-electron chi connectivity index (χ0n) is 13.2. The Bertz CT molecular complexity index is 799. The van der Waals surface area contributed by atoms with Crippen LogP contribution in [0.15, 0.2) is 90.1 Å².